The Morgan fingerprint density at radius 2 is 2.00 bits per heavy atom. The van der Waals surface area contributed by atoms with Gasteiger partial charge in [0.05, 0.1) is 24.0 Å². The molecule has 2 N–H and O–H groups in total. The van der Waals surface area contributed by atoms with E-state index in [0.29, 0.717) is 0 Å². The number of anilines is 1. The van der Waals surface area contributed by atoms with Crippen LogP contribution in [0.3, 0.4) is 0 Å². The summed E-state index contributed by atoms with van der Waals surface area (Å²) < 4.78 is 26.6. The minimum Gasteiger partial charge on any atom is -0.398 e. The Hall–Kier alpha value is -2.14. The minimum absolute atomic E-state index is 0.0294. The average molecular weight is 221 g/mol. The lowest BCUT2D eigenvalue weighted by atomic mass is 9.80. The molecule has 1 aromatic carbocycles. The monoisotopic (exact) mass is 221 g/mol. The van der Waals surface area contributed by atoms with E-state index in [9.17, 15) is 8.78 Å². The first-order valence-electron chi connectivity index (χ1n) is 4.48. The second-order valence-electron chi connectivity index (χ2n) is 3.60. The zero-order valence-corrected chi connectivity index (χ0v) is 8.59. The lowest BCUT2D eigenvalue weighted by molar-refractivity contribution is 0.475. The van der Waals surface area contributed by atoms with E-state index in [2.05, 4.69) is 0 Å². The van der Waals surface area contributed by atoms with Gasteiger partial charge < -0.3 is 5.73 Å². The molecule has 1 atom stereocenters. The maximum absolute atomic E-state index is 13.6. The first kappa shape index (κ1) is 11.9. The van der Waals surface area contributed by atoms with Crippen LogP contribution in [0.25, 0.3) is 0 Å². The number of nitriles is 2. The molecule has 0 aliphatic rings. The molecular formula is C11H9F2N3. The fourth-order valence-corrected chi connectivity index (χ4v) is 1.47. The van der Waals surface area contributed by atoms with Crippen LogP contribution in [0, 0.1) is 34.3 Å². The molecule has 0 fully saturated rings. The van der Waals surface area contributed by atoms with Gasteiger partial charge in [-0.15, -0.1) is 0 Å². The van der Waals surface area contributed by atoms with E-state index in [1.165, 1.54) is 13.0 Å². The second-order valence-corrected chi connectivity index (χ2v) is 3.60. The van der Waals surface area contributed by atoms with Crippen molar-refractivity contribution in [2.24, 2.45) is 0 Å². The highest BCUT2D eigenvalue weighted by molar-refractivity contribution is 5.54. The number of rotatable bonds is 2. The van der Waals surface area contributed by atoms with Crippen molar-refractivity contribution < 1.29 is 8.78 Å². The van der Waals surface area contributed by atoms with Gasteiger partial charge in [-0.1, -0.05) is 0 Å². The molecule has 1 rings (SSSR count). The Morgan fingerprint density at radius 3 is 2.50 bits per heavy atom. The molecule has 0 bridgehead atoms. The summed E-state index contributed by atoms with van der Waals surface area (Å²) >= 11 is 0. The van der Waals surface area contributed by atoms with Crippen LogP contribution in [0.2, 0.25) is 0 Å². The summed E-state index contributed by atoms with van der Waals surface area (Å²) in [5.74, 6) is -2.25. The number of nitrogens with two attached hydrogens (primary N) is 1. The quantitative estimate of drug-likeness (QED) is 0.778. The van der Waals surface area contributed by atoms with Crippen LogP contribution in [0.1, 0.15) is 18.9 Å². The highest BCUT2D eigenvalue weighted by Gasteiger charge is 2.33. The van der Waals surface area contributed by atoms with Gasteiger partial charge in [0.1, 0.15) is 0 Å². The van der Waals surface area contributed by atoms with Crippen molar-refractivity contribution in [2.75, 3.05) is 5.73 Å². The Bertz CT molecular complexity index is 499. The highest BCUT2D eigenvalue weighted by atomic mass is 19.2. The first-order valence-corrected chi connectivity index (χ1v) is 4.48. The molecule has 0 aliphatic heterocycles. The molecule has 16 heavy (non-hydrogen) atoms. The molecule has 1 unspecified atom stereocenters. The highest BCUT2D eigenvalue weighted by Crippen LogP contribution is 2.34. The topological polar surface area (TPSA) is 73.6 Å². The zero-order chi connectivity index (χ0) is 12.3. The van der Waals surface area contributed by atoms with Crippen molar-refractivity contribution in [1.29, 1.82) is 10.5 Å². The maximum Gasteiger partial charge on any atom is 0.165 e. The predicted molar refractivity (Wildman–Crippen MR) is 54.0 cm³/mol. The van der Waals surface area contributed by atoms with E-state index >= 15 is 0 Å². The SMILES string of the molecule is CC(C#N)(CC#N)c1c(N)ccc(F)c1F. The van der Waals surface area contributed by atoms with Crippen molar-refractivity contribution >= 4 is 5.69 Å². The number of hydrogen-bond donors (Lipinski definition) is 1. The van der Waals surface area contributed by atoms with Crippen LogP contribution in [-0.2, 0) is 5.41 Å². The van der Waals surface area contributed by atoms with Crippen molar-refractivity contribution in [3.8, 4) is 12.1 Å². The van der Waals surface area contributed by atoms with E-state index in [-0.39, 0.29) is 17.7 Å². The number of benzene rings is 1. The Morgan fingerprint density at radius 1 is 1.38 bits per heavy atom. The number of nitrogen functional groups attached to an aromatic ring is 1. The maximum atomic E-state index is 13.6. The predicted octanol–water partition coefficient (Wildman–Crippen LogP) is 2.24. The molecule has 82 valence electrons. The van der Waals surface area contributed by atoms with E-state index < -0.39 is 17.0 Å². The Labute approximate surface area is 91.7 Å². The molecule has 0 aromatic heterocycles. The van der Waals surface area contributed by atoms with Crippen LogP contribution in [-0.4, -0.2) is 0 Å². The lowest BCUT2D eigenvalue weighted by Gasteiger charge is -2.21. The lowest BCUT2D eigenvalue weighted by Crippen LogP contribution is -2.23. The van der Waals surface area contributed by atoms with Crippen molar-refractivity contribution in [3.05, 3.63) is 29.3 Å². The third-order valence-corrected chi connectivity index (χ3v) is 2.36. The summed E-state index contributed by atoms with van der Waals surface area (Å²) in [6.45, 7) is 1.35. The molecule has 0 heterocycles. The third-order valence-electron chi connectivity index (χ3n) is 2.36. The summed E-state index contributed by atoms with van der Waals surface area (Å²) in [7, 11) is 0. The summed E-state index contributed by atoms with van der Waals surface area (Å²) in [6, 6.07) is 5.63. The first-order chi connectivity index (χ1) is 7.46. The summed E-state index contributed by atoms with van der Waals surface area (Å²) in [5.41, 5.74) is 3.79. The fourth-order valence-electron chi connectivity index (χ4n) is 1.47. The molecule has 0 spiro atoms. The number of nitrogens with zero attached hydrogens (tertiary/aromatic N) is 2. The summed E-state index contributed by atoms with van der Waals surface area (Å²) in [5, 5.41) is 17.6. The van der Waals surface area contributed by atoms with Crippen molar-refractivity contribution in [3.63, 3.8) is 0 Å². The molecule has 0 saturated carbocycles. The Balaban J connectivity index is 3.49. The van der Waals surface area contributed by atoms with Crippen molar-refractivity contribution in [1.82, 2.24) is 0 Å². The van der Waals surface area contributed by atoms with E-state index in [4.69, 9.17) is 16.3 Å². The van der Waals surface area contributed by atoms with Gasteiger partial charge in [-0.3, -0.25) is 0 Å². The van der Waals surface area contributed by atoms with Crippen LogP contribution in [0.15, 0.2) is 12.1 Å². The van der Waals surface area contributed by atoms with E-state index in [1.54, 1.807) is 12.1 Å². The van der Waals surface area contributed by atoms with E-state index in [0.717, 1.165) is 6.07 Å². The number of hydrogen-bond acceptors (Lipinski definition) is 3. The van der Waals surface area contributed by atoms with Gasteiger partial charge in [0.25, 0.3) is 0 Å². The van der Waals surface area contributed by atoms with Crippen LogP contribution in [0.5, 0.6) is 0 Å². The van der Waals surface area contributed by atoms with Gasteiger partial charge in [0, 0.05) is 11.3 Å². The molecule has 0 saturated heterocycles. The van der Waals surface area contributed by atoms with E-state index in [1.807, 2.05) is 0 Å². The number of halogens is 2. The smallest absolute Gasteiger partial charge is 0.165 e. The third kappa shape index (κ3) is 1.80. The van der Waals surface area contributed by atoms with Crippen LogP contribution in [0.4, 0.5) is 14.5 Å². The second kappa shape index (κ2) is 4.16. The molecule has 3 nitrogen and oxygen atoms in total. The van der Waals surface area contributed by atoms with Crippen molar-refractivity contribution in [2.45, 2.75) is 18.8 Å². The molecular weight excluding hydrogens is 212 g/mol. The zero-order valence-electron chi connectivity index (χ0n) is 8.59. The fraction of sp³-hybridized carbons (Fsp3) is 0.273. The normalized spacial score (nSPS) is 13.6. The van der Waals surface area contributed by atoms with Gasteiger partial charge in [0.15, 0.2) is 11.6 Å². The molecule has 0 radical (unpaired) electrons. The van der Waals surface area contributed by atoms with Crippen LogP contribution >= 0.6 is 0 Å². The van der Waals surface area contributed by atoms with Gasteiger partial charge in [0.2, 0.25) is 0 Å². The van der Waals surface area contributed by atoms with Crippen LogP contribution < -0.4 is 5.73 Å². The average Bonchev–Trinajstić information content (AvgIpc) is 2.24. The van der Waals surface area contributed by atoms with Gasteiger partial charge in [-0.2, -0.15) is 10.5 Å². The minimum atomic E-state index is -1.44. The standard InChI is InChI=1S/C11H9F2N3/c1-11(6-15,4-5-14)9-8(16)3-2-7(12)10(9)13/h2-3H,4,16H2,1H3. The van der Waals surface area contributed by atoms with Gasteiger partial charge in [-0.05, 0) is 19.1 Å². The Kier molecular flexibility index (Phi) is 3.10. The molecule has 5 heteroatoms. The summed E-state index contributed by atoms with van der Waals surface area (Å²) in [6.07, 6.45) is -0.256. The van der Waals surface area contributed by atoms with Gasteiger partial charge >= 0.3 is 0 Å². The molecule has 0 amide bonds. The van der Waals surface area contributed by atoms with Gasteiger partial charge in [-0.25, -0.2) is 8.78 Å². The summed E-state index contributed by atoms with van der Waals surface area (Å²) in [4.78, 5) is 0. The molecule has 0 aliphatic carbocycles. The molecule has 1 aromatic rings. The largest absolute Gasteiger partial charge is 0.398 e.